The molecule has 1 aromatic heterocycles. The molecule has 4 rings (SSSR count). The number of hydrogen-bond acceptors (Lipinski definition) is 5. The summed E-state index contributed by atoms with van der Waals surface area (Å²) >= 11 is 0. The Kier molecular flexibility index (Phi) is 7.33. The number of likely N-dealkylation sites (tertiary alicyclic amines) is 1. The van der Waals surface area contributed by atoms with Gasteiger partial charge in [-0.1, -0.05) is 12.1 Å². The van der Waals surface area contributed by atoms with Crippen molar-refractivity contribution in [3.8, 4) is 5.75 Å². The van der Waals surface area contributed by atoms with Crippen LogP contribution in [0.3, 0.4) is 0 Å². The molecule has 7 heteroatoms. The number of ether oxygens (including phenoxy) is 3. The number of carbonyl (C=O) groups is 1. The van der Waals surface area contributed by atoms with E-state index < -0.39 is 5.97 Å². The van der Waals surface area contributed by atoms with Gasteiger partial charge in [0.1, 0.15) is 5.75 Å². The molecule has 2 aromatic carbocycles. The van der Waals surface area contributed by atoms with E-state index in [1.54, 1.807) is 26.4 Å². The maximum absolute atomic E-state index is 11.3. The normalized spacial score (nSPS) is 19.1. The van der Waals surface area contributed by atoms with Crippen LogP contribution in [0, 0.1) is 6.92 Å². The van der Waals surface area contributed by atoms with Crippen LogP contribution in [-0.2, 0) is 16.0 Å². The molecule has 1 aliphatic rings. The van der Waals surface area contributed by atoms with Gasteiger partial charge in [0.2, 0.25) is 0 Å². The van der Waals surface area contributed by atoms with Crippen molar-refractivity contribution in [3.05, 3.63) is 64.8 Å². The van der Waals surface area contributed by atoms with Crippen LogP contribution in [-0.4, -0.2) is 61.0 Å². The molecule has 7 nitrogen and oxygen atoms in total. The average molecular weight is 453 g/mol. The highest BCUT2D eigenvalue weighted by molar-refractivity contribution is 5.88. The highest BCUT2D eigenvalue weighted by Gasteiger charge is 2.31. The van der Waals surface area contributed by atoms with Crippen molar-refractivity contribution in [2.75, 3.05) is 34.0 Å². The highest BCUT2D eigenvalue weighted by Crippen LogP contribution is 2.37. The van der Waals surface area contributed by atoms with E-state index in [9.17, 15) is 9.90 Å². The molecule has 0 bridgehead atoms. The number of carboxylic acids is 1. The second-order valence-corrected chi connectivity index (χ2v) is 8.56. The first kappa shape index (κ1) is 23.3. The monoisotopic (exact) mass is 452 g/mol. The fourth-order valence-corrected chi connectivity index (χ4v) is 4.80. The van der Waals surface area contributed by atoms with Gasteiger partial charge in [-0.25, -0.2) is 4.79 Å². The summed E-state index contributed by atoms with van der Waals surface area (Å²) in [4.78, 5) is 17.1. The maximum Gasteiger partial charge on any atom is 0.335 e. The number of benzene rings is 2. The zero-order chi connectivity index (χ0) is 23.4. The lowest BCUT2D eigenvalue weighted by Crippen LogP contribution is -2.39. The summed E-state index contributed by atoms with van der Waals surface area (Å²) in [6.45, 7) is 4.83. The summed E-state index contributed by atoms with van der Waals surface area (Å²) in [5.74, 6) is -0.0277. The van der Waals surface area contributed by atoms with Gasteiger partial charge in [-0.3, -0.25) is 4.90 Å². The molecule has 3 aromatic rings. The number of H-pyrrole nitrogens is 1. The van der Waals surface area contributed by atoms with E-state index in [4.69, 9.17) is 14.2 Å². The highest BCUT2D eigenvalue weighted by atomic mass is 16.5. The lowest BCUT2D eigenvalue weighted by atomic mass is 9.91. The van der Waals surface area contributed by atoms with Crippen molar-refractivity contribution in [1.82, 2.24) is 9.88 Å². The summed E-state index contributed by atoms with van der Waals surface area (Å²) in [6.07, 6.45) is 3.87. The van der Waals surface area contributed by atoms with Crippen molar-refractivity contribution < 1.29 is 24.1 Å². The molecule has 176 valence electrons. The standard InChI is InChI=1S/C26H32N2O5/c1-17-14-24(32-3)22(21-8-10-27-25(17)21)16-28-11-9-20(33-13-12-31-2)15-23(28)18-4-6-19(7-5-18)26(29)30/h4-8,10,14,20,23,27H,9,11-13,15-16H2,1-3H3,(H,29,30)/t20-,23-/m0/s1. The van der Waals surface area contributed by atoms with Crippen molar-refractivity contribution in [1.29, 1.82) is 0 Å². The van der Waals surface area contributed by atoms with Crippen LogP contribution in [0.2, 0.25) is 0 Å². The minimum atomic E-state index is -0.915. The van der Waals surface area contributed by atoms with Crippen molar-refractivity contribution in [3.63, 3.8) is 0 Å². The Morgan fingerprint density at radius 3 is 2.67 bits per heavy atom. The molecule has 1 aliphatic heterocycles. The van der Waals surface area contributed by atoms with Gasteiger partial charge in [0, 0.05) is 48.9 Å². The molecule has 2 atom stereocenters. The number of hydrogen-bond donors (Lipinski definition) is 2. The first-order valence-electron chi connectivity index (χ1n) is 11.3. The Balaban J connectivity index is 1.64. The molecule has 0 amide bonds. The Morgan fingerprint density at radius 1 is 1.18 bits per heavy atom. The first-order valence-corrected chi connectivity index (χ1v) is 11.3. The van der Waals surface area contributed by atoms with Gasteiger partial charge in [0.05, 0.1) is 32.0 Å². The van der Waals surface area contributed by atoms with Crippen LogP contribution in [0.5, 0.6) is 5.75 Å². The summed E-state index contributed by atoms with van der Waals surface area (Å²) in [7, 11) is 3.39. The second kappa shape index (κ2) is 10.4. The molecular weight excluding hydrogens is 420 g/mol. The van der Waals surface area contributed by atoms with Crippen LogP contribution in [0.15, 0.2) is 42.6 Å². The Hall–Kier alpha value is -2.87. The molecule has 0 radical (unpaired) electrons. The largest absolute Gasteiger partial charge is 0.496 e. The number of piperidine rings is 1. The molecule has 0 spiro atoms. The van der Waals surface area contributed by atoms with Crippen molar-refractivity contribution in [2.45, 2.75) is 38.5 Å². The number of carboxylic acid groups (broad SMARTS) is 1. The van der Waals surface area contributed by atoms with E-state index in [2.05, 4.69) is 28.9 Å². The maximum atomic E-state index is 11.3. The number of fused-ring (bicyclic) bond motifs is 1. The number of aromatic amines is 1. The van der Waals surface area contributed by atoms with E-state index in [0.29, 0.717) is 18.8 Å². The third-order valence-corrected chi connectivity index (χ3v) is 6.54. The fourth-order valence-electron chi connectivity index (χ4n) is 4.80. The molecular formula is C26H32N2O5. The molecule has 0 unspecified atom stereocenters. The van der Waals surface area contributed by atoms with Gasteiger partial charge < -0.3 is 24.3 Å². The quantitative estimate of drug-likeness (QED) is 0.464. The van der Waals surface area contributed by atoms with Crippen molar-refractivity contribution >= 4 is 16.9 Å². The zero-order valence-electron chi connectivity index (χ0n) is 19.5. The van der Waals surface area contributed by atoms with Gasteiger partial charge in [-0.2, -0.15) is 0 Å². The number of aromatic nitrogens is 1. The Labute approximate surface area is 194 Å². The van der Waals surface area contributed by atoms with Gasteiger partial charge >= 0.3 is 5.97 Å². The third-order valence-electron chi connectivity index (χ3n) is 6.54. The fraction of sp³-hybridized carbons (Fsp3) is 0.423. The summed E-state index contributed by atoms with van der Waals surface area (Å²) < 4.78 is 17.0. The van der Waals surface area contributed by atoms with Crippen LogP contribution < -0.4 is 4.74 Å². The number of aryl methyl sites for hydroxylation is 1. The number of nitrogens with one attached hydrogen (secondary N) is 1. The first-order chi connectivity index (χ1) is 16.0. The van der Waals surface area contributed by atoms with Gasteiger partial charge in [0.25, 0.3) is 0 Å². The van der Waals surface area contributed by atoms with Crippen molar-refractivity contribution in [2.24, 2.45) is 0 Å². The number of methoxy groups -OCH3 is 2. The lowest BCUT2D eigenvalue weighted by molar-refractivity contribution is -0.0349. The predicted molar refractivity (Wildman–Crippen MR) is 127 cm³/mol. The van der Waals surface area contributed by atoms with E-state index in [-0.39, 0.29) is 12.1 Å². The molecule has 0 aliphatic carbocycles. The van der Waals surface area contributed by atoms with E-state index >= 15 is 0 Å². The minimum Gasteiger partial charge on any atom is -0.496 e. The number of rotatable bonds is 9. The topological polar surface area (TPSA) is 84.0 Å². The molecule has 2 N–H and O–H groups in total. The molecule has 33 heavy (non-hydrogen) atoms. The SMILES string of the molecule is COCCO[C@H]1CCN(Cc2c(OC)cc(C)c3[nH]ccc23)[C@H](c2ccc(C(=O)O)cc2)C1. The summed E-state index contributed by atoms with van der Waals surface area (Å²) in [5, 5.41) is 10.5. The van der Waals surface area contributed by atoms with Crippen LogP contribution in [0.25, 0.3) is 10.9 Å². The molecule has 1 fully saturated rings. The second-order valence-electron chi connectivity index (χ2n) is 8.56. The zero-order valence-corrected chi connectivity index (χ0v) is 19.5. The molecule has 0 saturated carbocycles. The summed E-state index contributed by atoms with van der Waals surface area (Å²) in [6, 6.07) is 11.5. The predicted octanol–water partition coefficient (Wildman–Crippen LogP) is 4.55. The van der Waals surface area contributed by atoms with Crippen LogP contribution in [0.1, 0.15) is 45.9 Å². The summed E-state index contributed by atoms with van der Waals surface area (Å²) in [5.41, 5.74) is 4.83. The third kappa shape index (κ3) is 5.05. The average Bonchev–Trinajstić information content (AvgIpc) is 3.32. The van der Waals surface area contributed by atoms with E-state index in [0.717, 1.165) is 53.9 Å². The molecule has 1 saturated heterocycles. The Morgan fingerprint density at radius 2 is 1.97 bits per heavy atom. The lowest BCUT2D eigenvalue weighted by Gasteiger charge is -2.40. The molecule has 2 heterocycles. The van der Waals surface area contributed by atoms with Gasteiger partial charge in [-0.05, 0) is 55.2 Å². The number of nitrogens with zero attached hydrogens (tertiary/aromatic N) is 1. The van der Waals surface area contributed by atoms with E-state index in [1.807, 2.05) is 18.3 Å². The van der Waals surface area contributed by atoms with E-state index in [1.165, 1.54) is 5.39 Å². The smallest absolute Gasteiger partial charge is 0.335 e. The van der Waals surface area contributed by atoms with Gasteiger partial charge in [-0.15, -0.1) is 0 Å². The van der Waals surface area contributed by atoms with Crippen LogP contribution in [0.4, 0.5) is 0 Å². The number of aromatic carboxylic acids is 1. The Bertz CT molecular complexity index is 1090. The van der Waals surface area contributed by atoms with Gasteiger partial charge in [0.15, 0.2) is 0 Å². The minimum absolute atomic E-state index is 0.106. The van der Waals surface area contributed by atoms with Crippen LogP contribution >= 0.6 is 0 Å².